The van der Waals surface area contributed by atoms with Crippen LogP contribution >= 0.6 is 0 Å². The third-order valence-corrected chi connectivity index (χ3v) is 6.99. The molecule has 198 valence electrons. The van der Waals surface area contributed by atoms with Crippen molar-refractivity contribution in [1.82, 2.24) is 24.4 Å². The molecule has 39 heavy (non-hydrogen) atoms. The van der Waals surface area contributed by atoms with Gasteiger partial charge in [-0.1, -0.05) is 54.6 Å². The van der Waals surface area contributed by atoms with Crippen molar-refractivity contribution >= 4 is 22.3 Å². The lowest BCUT2D eigenvalue weighted by atomic mass is 10.0. The molecule has 0 spiro atoms. The Hall–Kier alpha value is -4.31. The number of hydrogen-bond acceptors (Lipinski definition) is 4. The van der Waals surface area contributed by atoms with Crippen molar-refractivity contribution in [1.29, 1.82) is 0 Å². The number of nitrogens with zero attached hydrogens (tertiary/aromatic N) is 5. The Bertz CT molecular complexity index is 1690. The summed E-state index contributed by atoms with van der Waals surface area (Å²) in [5.41, 5.74) is 0.0683. The van der Waals surface area contributed by atoms with Crippen molar-refractivity contribution in [3.8, 4) is 11.3 Å². The van der Waals surface area contributed by atoms with Gasteiger partial charge in [-0.25, -0.2) is 13.9 Å². The summed E-state index contributed by atoms with van der Waals surface area (Å²) in [4.78, 5) is 21.2. The van der Waals surface area contributed by atoms with E-state index < -0.39 is 17.8 Å². The number of benzene rings is 3. The molecule has 3 heterocycles. The molecule has 6 nitrogen and oxygen atoms in total. The molecule has 2 aromatic heterocycles. The Kier molecular flexibility index (Phi) is 6.26. The van der Waals surface area contributed by atoms with Gasteiger partial charge in [-0.3, -0.25) is 9.69 Å². The van der Waals surface area contributed by atoms with E-state index in [-0.39, 0.29) is 22.9 Å². The third kappa shape index (κ3) is 4.95. The first-order valence-corrected chi connectivity index (χ1v) is 12.5. The fraction of sp³-hybridized carbons (Fsp3) is 0.207. The topological polar surface area (TPSA) is 53.7 Å². The summed E-state index contributed by atoms with van der Waals surface area (Å²) < 4.78 is 56.9. The molecule has 0 aliphatic carbocycles. The smallest absolute Gasteiger partial charge is 0.335 e. The molecule has 1 saturated heterocycles. The van der Waals surface area contributed by atoms with Crippen molar-refractivity contribution < 1.29 is 22.4 Å². The minimum atomic E-state index is -4.71. The summed E-state index contributed by atoms with van der Waals surface area (Å²) in [7, 11) is 0. The molecule has 0 unspecified atom stereocenters. The van der Waals surface area contributed by atoms with Gasteiger partial charge in [0.15, 0.2) is 17.0 Å². The van der Waals surface area contributed by atoms with Crippen LogP contribution in [0.25, 0.3) is 27.7 Å². The van der Waals surface area contributed by atoms with Crippen LogP contribution in [0.2, 0.25) is 0 Å². The summed E-state index contributed by atoms with van der Waals surface area (Å²) in [5, 5.41) is 5.86. The number of alkyl halides is 3. The van der Waals surface area contributed by atoms with Gasteiger partial charge in [-0.15, -0.1) is 0 Å². The number of rotatable bonds is 4. The first kappa shape index (κ1) is 25.0. The fourth-order valence-electron chi connectivity index (χ4n) is 4.92. The molecule has 10 heteroatoms. The SMILES string of the molecule is O=C(c1cc2nc(-c3ccc4ccccc4c3)cc(C(F)(F)F)n2n1)N1CCN(Cc2ccccc2F)CC1. The Morgan fingerprint density at radius 3 is 2.31 bits per heavy atom. The Morgan fingerprint density at radius 1 is 0.846 bits per heavy atom. The van der Waals surface area contributed by atoms with Crippen LogP contribution in [0.1, 0.15) is 21.7 Å². The molecule has 1 aliphatic heterocycles. The van der Waals surface area contributed by atoms with Crippen molar-refractivity contribution in [3.63, 3.8) is 0 Å². The van der Waals surface area contributed by atoms with Crippen LogP contribution in [0.5, 0.6) is 0 Å². The second kappa shape index (κ2) is 9.77. The molecule has 0 atom stereocenters. The zero-order valence-corrected chi connectivity index (χ0v) is 20.7. The first-order chi connectivity index (χ1) is 18.8. The average molecular weight is 534 g/mol. The summed E-state index contributed by atoms with van der Waals surface area (Å²) >= 11 is 0. The molecule has 6 rings (SSSR count). The van der Waals surface area contributed by atoms with Gasteiger partial charge in [0, 0.05) is 49.9 Å². The van der Waals surface area contributed by atoms with Gasteiger partial charge < -0.3 is 4.90 Å². The van der Waals surface area contributed by atoms with E-state index in [9.17, 15) is 22.4 Å². The minimum absolute atomic E-state index is 0.0606. The van der Waals surface area contributed by atoms with Crippen LogP contribution in [0.4, 0.5) is 17.6 Å². The minimum Gasteiger partial charge on any atom is -0.335 e. The maximum absolute atomic E-state index is 14.1. The molecule has 0 saturated carbocycles. The maximum Gasteiger partial charge on any atom is 0.433 e. The van der Waals surface area contributed by atoms with E-state index in [1.165, 1.54) is 12.1 Å². The van der Waals surface area contributed by atoms with Gasteiger partial charge in [0.05, 0.1) is 5.69 Å². The monoisotopic (exact) mass is 533 g/mol. The second-order valence-electron chi connectivity index (χ2n) is 9.55. The lowest BCUT2D eigenvalue weighted by molar-refractivity contribution is -0.142. The molecule has 0 N–H and O–H groups in total. The van der Waals surface area contributed by atoms with Crippen LogP contribution in [0, 0.1) is 5.82 Å². The molecule has 5 aromatic rings. The summed E-state index contributed by atoms with van der Waals surface area (Å²) in [5.74, 6) is -0.747. The van der Waals surface area contributed by atoms with Crippen LogP contribution in [-0.2, 0) is 12.7 Å². The highest BCUT2D eigenvalue weighted by Gasteiger charge is 2.36. The van der Waals surface area contributed by atoms with Crippen molar-refractivity contribution in [2.75, 3.05) is 26.2 Å². The zero-order chi connectivity index (χ0) is 27.1. The largest absolute Gasteiger partial charge is 0.433 e. The summed E-state index contributed by atoms with van der Waals surface area (Å²) in [6.07, 6.45) is -4.71. The van der Waals surface area contributed by atoms with Gasteiger partial charge in [-0.05, 0) is 29.0 Å². The first-order valence-electron chi connectivity index (χ1n) is 12.5. The molecule has 0 radical (unpaired) electrons. The lowest BCUT2D eigenvalue weighted by Gasteiger charge is -2.34. The number of hydrogen-bond donors (Lipinski definition) is 0. The highest BCUT2D eigenvalue weighted by Crippen LogP contribution is 2.33. The molecule has 3 aromatic carbocycles. The lowest BCUT2D eigenvalue weighted by Crippen LogP contribution is -2.48. The van der Waals surface area contributed by atoms with E-state index in [2.05, 4.69) is 10.1 Å². The average Bonchev–Trinajstić information content (AvgIpc) is 3.37. The van der Waals surface area contributed by atoms with E-state index in [0.29, 0.717) is 48.4 Å². The Balaban J connectivity index is 1.27. The molecule has 1 fully saturated rings. The normalized spacial score (nSPS) is 14.8. The van der Waals surface area contributed by atoms with E-state index in [1.54, 1.807) is 35.2 Å². The number of halogens is 4. The van der Waals surface area contributed by atoms with Crippen molar-refractivity contribution in [2.24, 2.45) is 0 Å². The van der Waals surface area contributed by atoms with E-state index in [1.807, 2.05) is 35.2 Å². The summed E-state index contributed by atoms with van der Waals surface area (Å²) in [6.45, 7) is 2.13. The quantitative estimate of drug-likeness (QED) is 0.280. The fourth-order valence-corrected chi connectivity index (χ4v) is 4.92. The number of carbonyl (C=O) groups is 1. The number of carbonyl (C=O) groups excluding carboxylic acids is 1. The van der Waals surface area contributed by atoms with Crippen molar-refractivity contribution in [2.45, 2.75) is 12.7 Å². The van der Waals surface area contributed by atoms with Crippen LogP contribution in [0.3, 0.4) is 0 Å². The Labute approximate surface area is 221 Å². The van der Waals surface area contributed by atoms with E-state index in [4.69, 9.17) is 0 Å². The predicted molar refractivity (Wildman–Crippen MR) is 139 cm³/mol. The van der Waals surface area contributed by atoms with Gasteiger partial charge in [0.25, 0.3) is 5.91 Å². The van der Waals surface area contributed by atoms with Gasteiger partial charge in [0.1, 0.15) is 5.82 Å². The van der Waals surface area contributed by atoms with E-state index in [0.717, 1.165) is 16.8 Å². The standard InChI is InChI=1S/C29H23F4N5O/c30-23-8-4-3-7-22(23)18-36-11-13-37(14-12-36)28(39)25-17-27-34-24(16-26(29(31,32)33)38(27)35-25)21-10-9-19-5-1-2-6-20(19)15-21/h1-10,15-17H,11-14,18H2. The Morgan fingerprint density at radius 2 is 1.56 bits per heavy atom. The third-order valence-electron chi connectivity index (χ3n) is 6.99. The summed E-state index contributed by atoms with van der Waals surface area (Å²) in [6, 6.07) is 21.7. The van der Waals surface area contributed by atoms with Gasteiger partial charge >= 0.3 is 6.18 Å². The number of fused-ring (bicyclic) bond motifs is 2. The predicted octanol–water partition coefficient (Wildman–Crippen LogP) is 5.67. The molecule has 1 aliphatic rings. The second-order valence-corrected chi connectivity index (χ2v) is 9.55. The van der Waals surface area contributed by atoms with Gasteiger partial charge in [0.2, 0.25) is 0 Å². The maximum atomic E-state index is 14.1. The van der Waals surface area contributed by atoms with E-state index >= 15 is 0 Å². The van der Waals surface area contributed by atoms with Gasteiger partial charge in [-0.2, -0.15) is 18.3 Å². The number of aromatic nitrogens is 3. The number of amides is 1. The highest BCUT2D eigenvalue weighted by molar-refractivity contribution is 5.93. The molecule has 1 amide bonds. The molecular formula is C29H23F4N5O. The van der Waals surface area contributed by atoms with Crippen molar-refractivity contribution in [3.05, 3.63) is 102 Å². The van der Waals surface area contributed by atoms with Crippen LogP contribution in [0.15, 0.2) is 78.9 Å². The molecule has 0 bridgehead atoms. The highest BCUT2D eigenvalue weighted by atomic mass is 19.4. The zero-order valence-electron chi connectivity index (χ0n) is 20.7. The molecular weight excluding hydrogens is 510 g/mol. The van der Waals surface area contributed by atoms with Crippen LogP contribution < -0.4 is 0 Å². The number of piperazine rings is 1. The van der Waals surface area contributed by atoms with Crippen LogP contribution in [-0.4, -0.2) is 56.5 Å².